The fourth-order valence-corrected chi connectivity index (χ4v) is 1.72. The Kier molecular flexibility index (Phi) is 3.52. The lowest BCUT2D eigenvalue weighted by atomic mass is 10.3. The zero-order chi connectivity index (χ0) is 15.5. The second-order valence-corrected chi connectivity index (χ2v) is 4.36. The molecule has 3 heterocycles. The van der Waals surface area contributed by atoms with E-state index in [0.717, 1.165) is 4.68 Å². The number of aromatic amines is 1. The highest BCUT2D eigenvalue weighted by atomic mass is 16.5. The lowest BCUT2D eigenvalue weighted by Gasteiger charge is -1.98. The topological polar surface area (TPSA) is 116 Å². The summed E-state index contributed by atoms with van der Waals surface area (Å²) in [6, 6.07) is 3.49. The van der Waals surface area contributed by atoms with Gasteiger partial charge in [0.2, 0.25) is 5.89 Å². The van der Waals surface area contributed by atoms with Crippen LogP contribution in [0.3, 0.4) is 0 Å². The first kappa shape index (κ1) is 13.7. The fraction of sp³-hybridized carbons (Fsp3) is 0.154. The summed E-state index contributed by atoms with van der Waals surface area (Å²) in [6.07, 6.45) is 4.39. The van der Waals surface area contributed by atoms with Crippen LogP contribution in [0.1, 0.15) is 16.3 Å². The van der Waals surface area contributed by atoms with E-state index in [2.05, 4.69) is 20.1 Å². The second-order valence-electron chi connectivity index (χ2n) is 4.36. The molecular formula is C13H11N5O4. The molecule has 0 bridgehead atoms. The minimum Gasteiger partial charge on any atom is -0.453 e. The van der Waals surface area contributed by atoms with Crippen molar-refractivity contribution in [2.75, 3.05) is 0 Å². The van der Waals surface area contributed by atoms with Gasteiger partial charge in [0.15, 0.2) is 18.1 Å². The minimum absolute atomic E-state index is 0.0251. The van der Waals surface area contributed by atoms with Crippen LogP contribution in [0.15, 0.2) is 40.0 Å². The maximum absolute atomic E-state index is 11.9. The highest BCUT2D eigenvalue weighted by Crippen LogP contribution is 2.17. The Labute approximate surface area is 123 Å². The van der Waals surface area contributed by atoms with E-state index in [1.54, 1.807) is 24.5 Å². The molecule has 0 aliphatic rings. The van der Waals surface area contributed by atoms with Crippen molar-refractivity contribution in [1.29, 1.82) is 0 Å². The molecule has 112 valence electrons. The van der Waals surface area contributed by atoms with Gasteiger partial charge in [0.05, 0.1) is 5.56 Å². The molecule has 0 spiro atoms. The Bertz CT molecular complexity index is 849. The number of nitrogens with zero attached hydrogens (tertiary/aromatic N) is 4. The molecule has 1 N–H and O–H groups in total. The molecule has 0 saturated carbocycles. The van der Waals surface area contributed by atoms with Crippen LogP contribution in [0, 0.1) is 0 Å². The summed E-state index contributed by atoms with van der Waals surface area (Å²) in [5.74, 6) is -0.159. The maximum atomic E-state index is 11.9. The highest BCUT2D eigenvalue weighted by molar-refractivity contribution is 5.87. The van der Waals surface area contributed by atoms with E-state index in [9.17, 15) is 9.59 Å². The number of nitrogens with one attached hydrogen (secondary N) is 1. The molecule has 0 atom stereocenters. The summed E-state index contributed by atoms with van der Waals surface area (Å²) >= 11 is 0. The molecule has 0 radical (unpaired) electrons. The normalized spacial score (nSPS) is 10.6. The lowest BCUT2D eigenvalue weighted by Crippen LogP contribution is -2.13. The smallest absolute Gasteiger partial charge is 0.360 e. The molecular weight excluding hydrogens is 290 g/mol. The Morgan fingerprint density at radius 1 is 1.50 bits per heavy atom. The molecule has 0 unspecified atom stereocenters. The van der Waals surface area contributed by atoms with Crippen LogP contribution in [0.2, 0.25) is 0 Å². The molecule has 3 aromatic heterocycles. The van der Waals surface area contributed by atoms with Crippen molar-refractivity contribution in [3.8, 4) is 11.5 Å². The molecule has 0 fully saturated rings. The van der Waals surface area contributed by atoms with E-state index < -0.39 is 5.97 Å². The van der Waals surface area contributed by atoms with Gasteiger partial charge in [-0.15, -0.1) is 0 Å². The summed E-state index contributed by atoms with van der Waals surface area (Å²) in [5.41, 5.74) is 0.291. The van der Waals surface area contributed by atoms with Crippen molar-refractivity contribution in [1.82, 2.24) is 24.7 Å². The van der Waals surface area contributed by atoms with Crippen LogP contribution >= 0.6 is 0 Å². The van der Waals surface area contributed by atoms with Crippen LogP contribution in [-0.4, -0.2) is 30.7 Å². The molecule has 0 amide bonds. The van der Waals surface area contributed by atoms with Gasteiger partial charge in [0, 0.05) is 19.4 Å². The zero-order valence-electron chi connectivity index (χ0n) is 11.5. The van der Waals surface area contributed by atoms with Gasteiger partial charge in [0.1, 0.15) is 6.26 Å². The summed E-state index contributed by atoms with van der Waals surface area (Å²) in [5, 5.41) is 3.85. The third kappa shape index (κ3) is 2.77. The number of esters is 1. The van der Waals surface area contributed by atoms with E-state index in [-0.39, 0.29) is 29.7 Å². The van der Waals surface area contributed by atoms with E-state index in [0.29, 0.717) is 5.56 Å². The zero-order valence-corrected chi connectivity index (χ0v) is 11.5. The number of rotatable bonds is 4. The highest BCUT2D eigenvalue weighted by Gasteiger charge is 2.15. The number of aryl methyl sites for hydroxylation is 1. The molecule has 22 heavy (non-hydrogen) atoms. The molecule has 0 aliphatic heterocycles. The Morgan fingerprint density at radius 2 is 2.36 bits per heavy atom. The van der Waals surface area contributed by atoms with Gasteiger partial charge in [-0.25, -0.2) is 19.3 Å². The number of H-pyrrole nitrogens is 1. The Balaban J connectivity index is 1.68. The third-order valence-corrected chi connectivity index (χ3v) is 2.78. The van der Waals surface area contributed by atoms with Gasteiger partial charge >= 0.3 is 11.7 Å². The SMILES string of the molecule is Cn1nc(COC(=O)c2coc(-c3cccnc3)n2)[nH]c1=O. The summed E-state index contributed by atoms with van der Waals surface area (Å²) in [4.78, 5) is 33.5. The van der Waals surface area contributed by atoms with Crippen molar-refractivity contribution in [3.63, 3.8) is 0 Å². The summed E-state index contributed by atoms with van der Waals surface area (Å²) in [6.45, 7) is -0.163. The number of pyridine rings is 1. The quantitative estimate of drug-likeness (QED) is 0.698. The first-order valence-electron chi connectivity index (χ1n) is 6.29. The second kappa shape index (κ2) is 5.64. The predicted molar refractivity (Wildman–Crippen MR) is 72.7 cm³/mol. The standard InChI is InChI=1S/C13H11N5O4/c1-18-13(20)16-10(17-18)7-22-12(19)9-6-21-11(15-9)8-3-2-4-14-5-8/h2-6H,7H2,1H3,(H,16,17,20). The van der Waals surface area contributed by atoms with Gasteiger partial charge in [-0.2, -0.15) is 5.10 Å². The third-order valence-electron chi connectivity index (χ3n) is 2.78. The van der Waals surface area contributed by atoms with Crippen molar-refractivity contribution in [2.45, 2.75) is 6.61 Å². The van der Waals surface area contributed by atoms with E-state index in [1.165, 1.54) is 13.3 Å². The van der Waals surface area contributed by atoms with Gasteiger partial charge < -0.3 is 9.15 Å². The molecule has 9 heteroatoms. The van der Waals surface area contributed by atoms with E-state index in [4.69, 9.17) is 9.15 Å². The van der Waals surface area contributed by atoms with E-state index in [1.807, 2.05) is 0 Å². The van der Waals surface area contributed by atoms with Crippen molar-refractivity contribution in [2.24, 2.45) is 7.05 Å². The van der Waals surface area contributed by atoms with Gasteiger partial charge in [-0.05, 0) is 12.1 Å². The van der Waals surface area contributed by atoms with E-state index >= 15 is 0 Å². The monoisotopic (exact) mass is 301 g/mol. The fourth-order valence-electron chi connectivity index (χ4n) is 1.72. The molecule has 0 saturated heterocycles. The average molecular weight is 301 g/mol. The predicted octanol–water partition coefficient (Wildman–Crippen LogP) is 0.515. The Morgan fingerprint density at radius 3 is 3.05 bits per heavy atom. The van der Waals surface area contributed by atoms with Crippen LogP contribution in [0.25, 0.3) is 11.5 Å². The molecule has 3 aromatic rings. The van der Waals surface area contributed by atoms with Crippen LogP contribution in [0.4, 0.5) is 0 Å². The summed E-state index contributed by atoms with van der Waals surface area (Å²) in [7, 11) is 1.49. The van der Waals surface area contributed by atoms with Crippen molar-refractivity contribution in [3.05, 3.63) is 52.8 Å². The van der Waals surface area contributed by atoms with Crippen LogP contribution < -0.4 is 5.69 Å². The van der Waals surface area contributed by atoms with Gasteiger partial charge in [-0.1, -0.05) is 0 Å². The molecule has 3 rings (SSSR count). The number of oxazole rings is 1. The number of hydrogen-bond acceptors (Lipinski definition) is 7. The molecule has 0 aromatic carbocycles. The van der Waals surface area contributed by atoms with Crippen LogP contribution in [-0.2, 0) is 18.4 Å². The van der Waals surface area contributed by atoms with Crippen molar-refractivity contribution >= 4 is 5.97 Å². The number of carbonyl (C=O) groups is 1. The molecule has 0 aliphatic carbocycles. The number of aromatic nitrogens is 5. The van der Waals surface area contributed by atoms with Gasteiger partial charge in [-0.3, -0.25) is 9.97 Å². The number of carbonyl (C=O) groups excluding carboxylic acids is 1. The lowest BCUT2D eigenvalue weighted by molar-refractivity contribution is 0.0455. The average Bonchev–Trinajstić information content (AvgIpc) is 3.14. The number of ether oxygens (including phenoxy) is 1. The largest absolute Gasteiger partial charge is 0.453 e. The number of hydrogen-bond donors (Lipinski definition) is 1. The Hall–Kier alpha value is -3.23. The first-order valence-corrected chi connectivity index (χ1v) is 6.29. The maximum Gasteiger partial charge on any atom is 0.360 e. The summed E-state index contributed by atoms with van der Waals surface area (Å²) < 4.78 is 11.3. The molecule has 9 nitrogen and oxygen atoms in total. The van der Waals surface area contributed by atoms with Crippen LogP contribution in [0.5, 0.6) is 0 Å². The van der Waals surface area contributed by atoms with Gasteiger partial charge in [0.25, 0.3) is 0 Å². The minimum atomic E-state index is -0.676. The first-order chi connectivity index (χ1) is 10.6. The van der Waals surface area contributed by atoms with Crippen molar-refractivity contribution < 1.29 is 13.9 Å².